The van der Waals surface area contributed by atoms with Crippen LogP contribution in [0.25, 0.3) is 0 Å². The molecule has 0 spiro atoms. The molecule has 0 bridgehead atoms. The van der Waals surface area contributed by atoms with Gasteiger partial charge in [-0.25, -0.2) is 0 Å². The molecule has 2 heteroatoms. The van der Waals surface area contributed by atoms with Crippen molar-refractivity contribution in [3.63, 3.8) is 0 Å². The summed E-state index contributed by atoms with van der Waals surface area (Å²) in [4.78, 5) is 11.9. The lowest BCUT2D eigenvalue weighted by molar-refractivity contribution is -0.184. The van der Waals surface area contributed by atoms with Gasteiger partial charge in [0.2, 0.25) is 0 Å². The molecule has 5 atom stereocenters. The zero-order valence-corrected chi connectivity index (χ0v) is 14.2. The summed E-state index contributed by atoms with van der Waals surface area (Å²) >= 11 is 0. The molecule has 1 N–H and O–H groups in total. The first-order valence-corrected chi connectivity index (χ1v) is 8.99. The summed E-state index contributed by atoms with van der Waals surface area (Å²) in [6, 6.07) is 0. The van der Waals surface area contributed by atoms with Gasteiger partial charge in [0, 0.05) is 22.8 Å². The highest BCUT2D eigenvalue weighted by molar-refractivity contribution is 5.91. The number of fused-ring (bicyclic) bond motifs is 5. The molecule has 0 aromatic rings. The van der Waals surface area contributed by atoms with Crippen LogP contribution >= 0.6 is 0 Å². The first-order chi connectivity index (χ1) is 10.8. The third kappa shape index (κ3) is 1.72. The van der Waals surface area contributed by atoms with Crippen LogP contribution in [-0.4, -0.2) is 16.5 Å². The summed E-state index contributed by atoms with van der Waals surface area (Å²) < 4.78 is 0. The van der Waals surface area contributed by atoms with Crippen LogP contribution < -0.4 is 0 Å². The predicted octanol–water partition coefficient (Wildman–Crippen LogP) is 3.80. The third-order valence-corrected chi connectivity index (χ3v) is 7.89. The van der Waals surface area contributed by atoms with Crippen molar-refractivity contribution >= 4 is 5.78 Å². The number of carbonyl (C=O) groups is 1. The zero-order chi connectivity index (χ0) is 16.5. The number of hydrogen-bond donors (Lipinski definition) is 1. The standard InChI is InChI=1S/C21H26O2/c1-4-14-5-7-17-18-8-6-15-13-16(22)9-10-20(15,3)21(18,23)12-11-19(14,17)2/h1,5,13,17-18,23H,6-12H2,2-3H3/t17-,18-,19+,20-,21+/m0/s1. The lowest BCUT2D eigenvalue weighted by atomic mass is 9.44. The lowest BCUT2D eigenvalue weighted by Gasteiger charge is -2.62. The van der Waals surface area contributed by atoms with Gasteiger partial charge in [0.1, 0.15) is 0 Å². The Kier molecular flexibility index (Phi) is 3.05. The van der Waals surface area contributed by atoms with Gasteiger partial charge in [-0.1, -0.05) is 31.4 Å². The fraction of sp³-hybridized carbons (Fsp3) is 0.667. The number of hydrogen-bond acceptors (Lipinski definition) is 2. The van der Waals surface area contributed by atoms with Gasteiger partial charge >= 0.3 is 0 Å². The van der Waals surface area contributed by atoms with Crippen molar-refractivity contribution in [1.29, 1.82) is 0 Å². The molecule has 4 aliphatic carbocycles. The number of rotatable bonds is 0. The maximum absolute atomic E-state index is 11.9. The minimum atomic E-state index is -0.681. The van der Waals surface area contributed by atoms with Gasteiger partial charge in [-0.05, 0) is 56.4 Å². The Hall–Kier alpha value is -1.33. The van der Waals surface area contributed by atoms with E-state index in [0.29, 0.717) is 18.3 Å². The van der Waals surface area contributed by atoms with Crippen LogP contribution in [0, 0.1) is 35.0 Å². The summed E-state index contributed by atoms with van der Waals surface area (Å²) in [6.45, 7) is 4.50. The molecule has 4 rings (SSSR count). The maximum atomic E-state index is 11.9. The van der Waals surface area contributed by atoms with Crippen molar-refractivity contribution in [3.05, 3.63) is 23.3 Å². The van der Waals surface area contributed by atoms with Crippen molar-refractivity contribution in [2.24, 2.45) is 22.7 Å². The Labute approximate surface area is 139 Å². The molecular weight excluding hydrogens is 284 g/mol. The Morgan fingerprint density at radius 1 is 1.22 bits per heavy atom. The second-order valence-corrected chi connectivity index (χ2v) is 8.56. The quantitative estimate of drug-likeness (QED) is 0.691. The van der Waals surface area contributed by atoms with Crippen LogP contribution in [0.15, 0.2) is 23.3 Å². The number of ketones is 1. The molecule has 0 aromatic carbocycles. The van der Waals surface area contributed by atoms with E-state index in [-0.39, 0.29) is 16.6 Å². The van der Waals surface area contributed by atoms with E-state index in [4.69, 9.17) is 6.42 Å². The Morgan fingerprint density at radius 2 is 2.00 bits per heavy atom. The maximum Gasteiger partial charge on any atom is 0.155 e. The average Bonchev–Trinajstić information content (AvgIpc) is 2.86. The number of allylic oxidation sites excluding steroid dienone is 3. The van der Waals surface area contributed by atoms with Crippen molar-refractivity contribution in [1.82, 2.24) is 0 Å². The number of aliphatic hydroxyl groups is 1. The Bertz CT molecular complexity index is 678. The molecule has 23 heavy (non-hydrogen) atoms. The third-order valence-electron chi connectivity index (χ3n) is 7.89. The van der Waals surface area contributed by atoms with Crippen LogP contribution in [0.3, 0.4) is 0 Å². The van der Waals surface area contributed by atoms with Crippen molar-refractivity contribution in [2.45, 2.75) is 64.4 Å². The largest absolute Gasteiger partial charge is 0.389 e. The summed E-state index contributed by atoms with van der Waals surface area (Å²) in [5.74, 6) is 3.88. The van der Waals surface area contributed by atoms with E-state index in [1.807, 2.05) is 6.08 Å². The van der Waals surface area contributed by atoms with E-state index < -0.39 is 5.60 Å². The van der Waals surface area contributed by atoms with Crippen molar-refractivity contribution in [2.75, 3.05) is 0 Å². The number of terminal acetylenes is 1. The van der Waals surface area contributed by atoms with Crippen LogP contribution in [-0.2, 0) is 4.79 Å². The molecule has 0 aliphatic heterocycles. The van der Waals surface area contributed by atoms with Crippen LogP contribution in [0.4, 0.5) is 0 Å². The summed E-state index contributed by atoms with van der Waals surface area (Å²) in [7, 11) is 0. The van der Waals surface area contributed by atoms with Crippen molar-refractivity contribution < 1.29 is 9.90 Å². The molecule has 122 valence electrons. The second-order valence-electron chi connectivity index (χ2n) is 8.56. The van der Waals surface area contributed by atoms with E-state index in [1.54, 1.807) is 0 Å². The lowest BCUT2D eigenvalue weighted by Crippen LogP contribution is -2.62. The fourth-order valence-corrected chi connectivity index (χ4v) is 6.30. The van der Waals surface area contributed by atoms with E-state index in [0.717, 1.165) is 44.1 Å². The number of carbonyl (C=O) groups excluding carboxylic acids is 1. The molecule has 2 nitrogen and oxygen atoms in total. The smallest absolute Gasteiger partial charge is 0.155 e. The molecular formula is C21H26O2. The molecule has 0 saturated heterocycles. The SMILES string of the molecule is C#CC1=CC[C@H]2[C@@H]3CCC4=CC(=O)CC[C@]4(C)[C@@]3(O)CC[C@]12C. The zero-order valence-electron chi connectivity index (χ0n) is 14.2. The van der Waals surface area contributed by atoms with Crippen LogP contribution in [0.1, 0.15) is 58.8 Å². The van der Waals surface area contributed by atoms with Crippen molar-refractivity contribution in [3.8, 4) is 12.3 Å². The van der Waals surface area contributed by atoms with Crippen LogP contribution in [0.5, 0.6) is 0 Å². The monoisotopic (exact) mass is 310 g/mol. The molecule has 4 aliphatic rings. The van der Waals surface area contributed by atoms with E-state index in [9.17, 15) is 9.90 Å². The Balaban J connectivity index is 1.76. The minimum absolute atomic E-state index is 0.0632. The van der Waals surface area contributed by atoms with Crippen LogP contribution in [0.2, 0.25) is 0 Å². The predicted molar refractivity (Wildman–Crippen MR) is 90.5 cm³/mol. The molecule has 0 aromatic heterocycles. The van der Waals surface area contributed by atoms with Gasteiger partial charge in [-0.3, -0.25) is 4.79 Å². The second kappa shape index (κ2) is 4.61. The van der Waals surface area contributed by atoms with Gasteiger partial charge in [-0.15, -0.1) is 6.42 Å². The molecule has 0 unspecified atom stereocenters. The van der Waals surface area contributed by atoms with Gasteiger partial charge in [0.15, 0.2) is 5.78 Å². The van der Waals surface area contributed by atoms with E-state index >= 15 is 0 Å². The van der Waals surface area contributed by atoms with E-state index in [1.165, 1.54) is 5.57 Å². The van der Waals surface area contributed by atoms with Gasteiger partial charge in [0.05, 0.1) is 5.60 Å². The summed E-state index contributed by atoms with van der Waals surface area (Å²) in [5.41, 5.74) is 1.49. The highest BCUT2D eigenvalue weighted by Crippen LogP contribution is 2.66. The van der Waals surface area contributed by atoms with Gasteiger partial charge < -0.3 is 5.11 Å². The first-order valence-electron chi connectivity index (χ1n) is 8.99. The summed E-state index contributed by atoms with van der Waals surface area (Å²) in [6.07, 6.45) is 15.9. The highest BCUT2D eigenvalue weighted by Gasteiger charge is 2.64. The molecule has 0 radical (unpaired) electrons. The first kappa shape index (κ1) is 15.2. The minimum Gasteiger partial charge on any atom is -0.389 e. The molecule has 2 fully saturated rings. The fourth-order valence-electron chi connectivity index (χ4n) is 6.30. The Morgan fingerprint density at radius 3 is 2.74 bits per heavy atom. The van der Waals surface area contributed by atoms with Gasteiger partial charge in [0.25, 0.3) is 0 Å². The topological polar surface area (TPSA) is 37.3 Å². The average molecular weight is 310 g/mol. The molecule has 2 saturated carbocycles. The van der Waals surface area contributed by atoms with Gasteiger partial charge in [-0.2, -0.15) is 0 Å². The highest BCUT2D eigenvalue weighted by atomic mass is 16.3. The molecule has 0 heterocycles. The van der Waals surface area contributed by atoms with E-state index in [2.05, 4.69) is 25.8 Å². The summed E-state index contributed by atoms with van der Waals surface area (Å²) in [5, 5.41) is 11.8. The normalized spacial score (nSPS) is 48.5. The molecule has 0 amide bonds.